The van der Waals surface area contributed by atoms with Crippen LogP contribution in [0.5, 0.6) is 0 Å². The molecule has 1 unspecified atom stereocenters. The van der Waals surface area contributed by atoms with E-state index in [0.29, 0.717) is 5.02 Å². The normalized spacial score (nSPS) is 21.3. The van der Waals surface area contributed by atoms with Gasteiger partial charge in [0.1, 0.15) is 0 Å². The number of hydrogen-bond acceptors (Lipinski definition) is 2. The van der Waals surface area contributed by atoms with Crippen LogP contribution in [-0.2, 0) is 0 Å². The van der Waals surface area contributed by atoms with Crippen LogP contribution in [0.3, 0.4) is 0 Å². The molecule has 1 fully saturated rings. The minimum Gasteiger partial charge on any atom is -0.316 e. The van der Waals surface area contributed by atoms with Gasteiger partial charge in [0.15, 0.2) is 5.78 Å². The average molecular weight is 224 g/mol. The first-order chi connectivity index (χ1) is 7.27. The molecule has 0 spiro atoms. The Balaban J connectivity index is 2.12. The number of piperidine rings is 1. The minimum atomic E-state index is 0.122. The maximum Gasteiger partial charge on any atom is 0.167 e. The fourth-order valence-corrected chi connectivity index (χ4v) is 2.14. The van der Waals surface area contributed by atoms with E-state index in [2.05, 4.69) is 5.32 Å². The average Bonchev–Trinajstić information content (AvgIpc) is 2.29. The van der Waals surface area contributed by atoms with Gasteiger partial charge in [-0.3, -0.25) is 4.79 Å². The Kier molecular flexibility index (Phi) is 3.39. The van der Waals surface area contributed by atoms with Gasteiger partial charge in [-0.15, -0.1) is 0 Å². The van der Waals surface area contributed by atoms with E-state index in [0.717, 1.165) is 31.5 Å². The maximum absolute atomic E-state index is 12.1. The van der Waals surface area contributed by atoms with E-state index in [1.165, 1.54) is 0 Å². The van der Waals surface area contributed by atoms with Crippen LogP contribution >= 0.6 is 11.6 Å². The number of benzene rings is 1. The van der Waals surface area contributed by atoms with Crippen LogP contribution in [0.25, 0.3) is 0 Å². The highest BCUT2D eigenvalue weighted by Crippen LogP contribution is 2.18. The molecule has 0 aliphatic carbocycles. The third-order valence-corrected chi connectivity index (χ3v) is 3.01. The van der Waals surface area contributed by atoms with Crippen molar-refractivity contribution < 1.29 is 4.79 Å². The highest BCUT2D eigenvalue weighted by Gasteiger charge is 2.21. The van der Waals surface area contributed by atoms with Gasteiger partial charge in [0.05, 0.1) is 0 Å². The number of carbonyl (C=O) groups is 1. The van der Waals surface area contributed by atoms with E-state index in [9.17, 15) is 4.79 Å². The summed E-state index contributed by atoms with van der Waals surface area (Å²) in [5.41, 5.74) is 0.733. The van der Waals surface area contributed by atoms with Crippen molar-refractivity contribution in [2.45, 2.75) is 12.8 Å². The molecule has 2 nitrogen and oxygen atoms in total. The van der Waals surface area contributed by atoms with E-state index in [4.69, 9.17) is 11.6 Å². The molecular formula is C12H14ClNO. The summed E-state index contributed by atoms with van der Waals surface area (Å²) in [6.07, 6.45) is 2.06. The lowest BCUT2D eigenvalue weighted by atomic mass is 9.91. The monoisotopic (exact) mass is 223 g/mol. The van der Waals surface area contributed by atoms with Gasteiger partial charge < -0.3 is 5.32 Å². The van der Waals surface area contributed by atoms with E-state index < -0.39 is 0 Å². The van der Waals surface area contributed by atoms with Gasteiger partial charge in [0.2, 0.25) is 0 Å². The van der Waals surface area contributed by atoms with Crippen molar-refractivity contribution in [2.24, 2.45) is 5.92 Å². The standard InChI is InChI=1S/C12H14ClNO/c13-11-5-1-3-9(7-11)12(15)10-4-2-6-14-8-10/h1,3,5,7,10,14H,2,4,6,8H2. The molecule has 0 bridgehead atoms. The Hall–Kier alpha value is -0.860. The molecule has 0 amide bonds. The summed E-state index contributed by atoms with van der Waals surface area (Å²) in [6.45, 7) is 1.82. The number of ketones is 1. The summed E-state index contributed by atoms with van der Waals surface area (Å²) in [5.74, 6) is 0.335. The number of carbonyl (C=O) groups excluding carboxylic acids is 1. The Bertz CT molecular complexity index is 358. The predicted molar refractivity (Wildman–Crippen MR) is 61.4 cm³/mol. The molecule has 0 aromatic heterocycles. The molecule has 3 heteroatoms. The lowest BCUT2D eigenvalue weighted by Crippen LogP contribution is -2.34. The van der Waals surface area contributed by atoms with Gasteiger partial charge in [-0.05, 0) is 31.5 Å². The van der Waals surface area contributed by atoms with Gasteiger partial charge >= 0.3 is 0 Å². The molecule has 1 N–H and O–H groups in total. The summed E-state index contributed by atoms with van der Waals surface area (Å²) in [4.78, 5) is 12.1. The molecule has 1 aromatic carbocycles. The predicted octanol–water partition coefficient (Wildman–Crippen LogP) is 2.52. The summed E-state index contributed by atoms with van der Waals surface area (Å²) >= 11 is 5.86. The van der Waals surface area contributed by atoms with E-state index in [1.807, 2.05) is 12.1 Å². The van der Waals surface area contributed by atoms with Crippen molar-refractivity contribution in [3.05, 3.63) is 34.9 Å². The zero-order chi connectivity index (χ0) is 10.7. The fraction of sp³-hybridized carbons (Fsp3) is 0.417. The van der Waals surface area contributed by atoms with Crippen molar-refractivity contribution in [3.8, 4) is 0 Å². The molecule has 1 aromatic rings. The van der Waals surface area contributed by atoms with E-state index in [-0.39, 0.29) is 11.7 Å². The molecule has 1 atom stereocenters. The van der Waals surface area contributed by atoms with Crippen molar-refractivity contribution in [3.63, 3.8) is 0 Å². The first-order valence-corrected chi connectivity index (χ1v) is 5.65. The van der Waals surface area contributed by atoms with Crippen LogP contribution in [0.1, 0.15) is 23.2 Å². The number of nitrogens with one attached hydrogen (secondary N) is 1. The summed E-state index contributed by atoms with van der Waals surface area (Å²) in [7, 11) is 0. The van der Waals surface area contributed by atoms with Crippen molar-refractivity contribution in [1.82, 2.24) is 5.32 Å². The van der Waals surface area contributed by atoms with Crippen LogP contribution in [-0.4, -0.2) is 18.9 Å². The Labute approximate surface area is 94.6 Å². The van der Waals surface area contributed by atoms with E-state index >= 15 is 0 Å². The highest BCUT2D eigenvalue weighted by molar-refractivity contribution is 6.31. The van der Waals surface area contributed by atoms with Crippen LogP contribution in [0, 0.1) is 5.92 Å². The summed E-state index contributed by atoms with van der Waals surface area (Å²) in [6, 6.07) is 7.20. The Morgan fingerprint density at radius 3 is 3.00 bits per heavy atom. The van der Waals surface area contributed by atoms with Crippen molar-refractivity contribution in [1.29, 1.82) is 0 Å². The van der Waals surface area contributed by atoms with Crippen LogP contribution in [0.4, 0.5) is 0 Å². The lowest BCUT2D eigenvalue weighted by Gasteiger charge is -2.21. The second-order valence-corrected chi connectivity index (χ2v) is 4.35. The number of Topliss-reactive ketones (excluding diaryl/α,β-unsaturated/α-hetero) is 1. The number of rotatable bonds is 2. The number of hydrogen-bond donors (Lipinski definition) is 1. The molecule has 80 valence electrons. The molecule has 2 rings (SSSR count). The Morgan fingerprint density at radius 1 is 1.47 bits per heavy atom. The fourth-order valence-electron chi connectivity index (χ4n) is 1.95. The topological polar surface area (TPSA) is 29.1 Å². The highest BCUT2D eigenvalue weighted by atomic mass is 35.5. The van der Waals surface area contributed by atoms with Gasteiger partial charge in [0, 0.05) is 23.0 Å². The van der Waals surface area contributed by atoms with Crippen LogP contribution in [0.2, 0.25) is 5.02 Å². The quantitative estimate of drug-likeness (QED) is 0.781. The molecule has 0 saturated carbocycles. The molecule has 1 aliphatic heterocycles. The second kappa shape index (κ2) is 4.77. The Morgan fingerprint density at radius 2 is 2.33 bits per heavy atom. The largest absolute Gasteiger partial charge is 0.316 e. The third kappa shape index (κ3) is 2.58. The van der Waals surface area contributed by atoms with E-state index in [1.54, 1.807) is 12.1 Å². The third-order valence-electron chi connectivity index (χ3n) is 2.78. The summed E-state index contributed by atoms with van der Waals surface area (Å²) in [5, 5.41) is 3.88. The first-order valence-electron chi connectivity index (χ1n) is 5.28. The van der Waals surface area contributed by atoms with Crippen LogP contribution < -0.4 is 5.32 Å². The van der Waals surface area contributed by atoms with Gasteiger partial charge in [-0.1, -0.05) is 23.7 Å². The summed E-state index contributed by atoms with van der Waals surface area (Å²) < 4.78 is 0. The van der Waals surface area contributed by atoms with Crippen molar-refractivity contribution in [2.75, 3.05) is 13.1 Å². The maximum atomic E-state index is 12.1. The molecule has 1 aliphatic rings. The zero-order valence-corrected chi connectivity index (χ0v) is 9.26. The first kappa shape index (κ1) is 10.7. The second-order valence-electron chi connectivity index (χ2n) is 3.92. The van der Waals surface area contributed by atoms with Gasteiger partial charge in [0.25, 0.3) is 0 Å². The molecule has 15 heavy (non-hydrogen) atoms. The molecule has 1 saturated heterocycles. The van der Waals surface area contributed by atoms with Crippen molar-refractivity contribution >= 4 is 17.4 Å². The molecule has 1 heterocycles. The van der Waals surface area contributed by atoms with Crippen LogP contribution in [0.15, 0.2) is 24.3 Å². The number of halogens is 1. The zero-order valence-electron chi connectivity index (χ0n) is 8.50. The SMILES string of the molecule is O=C(c1cccc(Cl)c1)C1CCCNC1. The van der Waals surface area contributed by atoms with Gasteiger partial charge in [-0.25, -0.2) is 0 Å². The lowest BCUT2D eigenvalue weighted by molar-refractivity contribution is 0.0899. The molecular weight excluding hydrogens is 210 g/mol. The minimum absolute atomic E-state index is 0.122. The molecule has 0 radical (unpaired) electrons. The van der Waals surface area contributed by atoms with Gasteiger partial charge in [-0.2, -0.15) is 0 Å². The smallest absolute Gasteiger partial charge is 0.167 e.